The van der Waals surface area contributed by atoms with Gasteiger partial charge in [-0.25, -0.2) is 9.78 Å². The quantitative estimate of drug-likeness (QED) is 0.715. The van der Waals surface area contributed by atoms with Crippen LogP contribution in [0.1, 0.15) is 28.7 Å². The summed E-state index contributed by atoms with van der Waals surface area (Å²) in [6.07, 6.45) is 2.80. The summed E-state index contributed by atoms with van der Waals surface area (Å²) in [5, 5.41) is 0. The molecular weight excluding hydrogens is 350 g/mol. The van der Waals surface area contributed by atoms with Crippen molar-refractivity contribution >= 4 is 11.9 Å². The fraction of sp³-hybridized carbons (Fsp3) is 0.368. The van der Waals surface area contributed by atoms with Crippen molar-refractivity contribution < 1.29 is 23.8 Å². The monoisotopic (exact) mass is 371 g/mol. The van der Waals surface area contributed by atoms with E-state index in [9.17, 15) is 9.59 Å². The fourth-order valence-corrected chi connectivity index (χ4v) is 2.57. The number of amides is 1. The first kappa shape index (κ1) is 18.6. The summed E-state index contributed by atoms with van der Waals surface area (Å²) in [4.78, 5) is 33.9. The molecule has 0 saturated heterocycles. The van der Waals surface area contributed by atoms with E-state index < -0.39 is 5.97 Å². The van der Waals surface area contributed by atoms with Crippen molar-refractivity contribution in [1.29, 1.82) is 0 Å². The highest BCUT2D eigenvalue weighted by molar-refractivity contribution is 5.89. The summed E-state index contributed by atoms with van der Waals surface area (Å²) < 4.78 is 16.1. The lowest BCUT2D eigenvalue weighted by molar-refractivity contribution is -0.135. The van der Waals surface area contributed by atoms with Gasteiger partial charge in [0.1, 0.15) is 13.2 Å². The number of hydrogen-bond acceptors (Lipinski definition) is 7. The van der Waals surface area contributed by atoms with Gasteiger partial charge in [-0.15, -0.1) is 0 Å². The molecule has 0 atom stereocenters. The molecule has 142 valence electrons. The van der Waals surface area contributed by atoms with Crippen LogP contribution in [0.2, 0.25) is 0 Å². The van der Waals surface area contributed by atoms with Crippen LogP contribution in [-0.2, 0) is 16.1 Å². The van der Waals surface area contributed by atoms with E-state index in [4.69, 9.17) is 14.2 Å². The number of esters is 1. The number of rotatable bonds is 6. The molecule has 1 aromatic carbocycles. The molecule has 3 rings (SSSR count). The maximum atomic E-state index is 12.4. The third-order valence-corrected chi connectivity index (χ3v) is 4.03. The zero-order chi connectivity index (χ0) is 19.2. The van der Waals surface area contributed by atoms with E-state index in [1.54, 1.807) is 11.8 Å². The van der Waals surface area contributed by atoms with Gasteiger partial charge in [0.25, 0.3) is 5.91 Å². The Morgan fingerprint density at radius 3 is 2.63 bits per heavy atom. The molecule has 0 fully saturated rings. The smallest absolute Gasteiger partial charge is 0.359 e. The van der Waals surface area contributed by atoms with E-state index >= 15 is 0 Å². The second-order valence-electron chi connectivity index (χ2n) is 6.01. The summed E-state index contributed by atoms with van der Waals surface area (Å²) in [7, 11) is 0. The standard InChI is InChI=1S/C19H21N3O5/c1-3-22(11-14-4-5-16-17(8-14)26-7-6-25-16)18(23)12-27-19(24)15-10-20-13(2)9-21-15/h4-5,8-10H,3,6-7,11-12H2,1-2H3. The summed E-state index contributed by atoms with van der Waals surface area (Å²) in [5.41, 5.74) is 1.67. The molecule has 0 N–H and O–H groups in total. The van der Waals surface area contributed by atoms with Gasteiger partial charge < -0.3 is 19.1 Å². The molecule has 1 aliphatic heterocycles. The zero-order valence-electron chi connectivity index (χ0n) is 15.3. The van der Waals surface area contributed by atoms with Gasteiger partial charge in [0.15, 0.2) is 23.8 Å². The first-order valence-corrected chi connectivity index (χ1v) is 8.69. The van der Waals surface area contributed by atoms with Gasteiger partial charge in [0.2, 0.25) is 0 Å². The number of aryl methyl sites for hydroxylation is 1. The van der Waals surface area contributed by atoms with Crippen molar-refractivity contribution in [1.82, 2.24) is 14.9 Å². The second kappa shape index (κ2) is 8.48. The maximum Gasteiger partial charge on any atom is 0.359 e. The van der Waals surface area contributed by atoms with E-state index in [2.05, 4.69) is 9.97 Å². The number of fused-ring (bicyclic) bond motifs is 1. The number of nitrogens with zero attached hydrogens (tertiary/aromatic N) is 3. The van der Waals surface area contributed by atoms with Crippen molar-refractivity contribution in [3.63, 3.8) is 0 Å². The molecule has 0 saturated carbocycles. The van der Waals surface area contributed by atoms with Gasteiger partial charge >= 0.3 is 5.97 Å². The van der Waals surface area contributed by atoms with Crippen LogP contribution in [-0.4, -0.2) is 53.1 Å². The summed E-state index contributed by atoms with van der Waals surface area (Å²) in [6.45, 7) is 5.18. The highest BCUT2D eigenvalue weighted by Crippen LogP contribution is 2.31. The van der Waals surface area contributed by atoms with E-state index in [0.29, 0.717) is 43.5 Å². The number of hydrogen-bond donors (Lipinski definition) is 0. The summed E-state index contributed by atoms with van der Waals surface area (Å²) in [5.74, 6) is 0.409. The Labute approximate surface area is 157 Å². The van der Waals surface area contributed by atoms with Crippen LogP contribution in [0.5, 0.6) is 11.5 Å². The third kappa shape index (κ3) is 4.72. The highest BCUT2D eigenvalue weighted by Gasteiger charge is 2.18. The zero-order valence-corrected chi connectivity index (χ0v) is 15.3. The summed E-state index contributed by atoms with van der Waals surface area (Å²) >= 11 is 0. The number of benzene rings is 1. The van der Waals surface area contributed by atoms with Gasteiger partial charge in [-0.2, -0.15) is 0 Å². The average Bonchev–Trinajstić information content (AvgIpc) is 2.70. The second-order valence-corrected chi connectivity index (χ2v) is 6.01. The van der Waals surface area contributed by atoms with E-state index in [0.717, 1.165) is 5.56 Å². The van der Waals surface area contributed by atoms with Crippen LogP contribution < -0.4 is 9.47 Å². The summed E-state index contributed by atoms with van der Waals surface area (Å²) in [6, 6.07) is 5.58. The fourth-order valence-electron chi connectivity index (χ4n) is 2.57. The van der Waals surface area contributed by atoms with E-state index in [1.807, 2.05) is 25.1 Å². The topological polar surface area (TPSA) is 90.8 Å². The minimum Gasteiger partial charge on any atom is -0.486 e. The Balaban J connectivity index is 1.57. The molecule has 0 bridgehead atoms. The molecular formula is C19H21N3O5. The highest BCUT2D eigenvalue weighted by atomic mass is 16.6. The molecule has 8 nitrogen and oxygen atoms in total. The molecule has 1 amide bonds. The van der Waals surface area contributed by atoms with Gasteiger partial charge in [0, 0.05) is 19.3 Å². The van der Waals surface area contributed by atoms with Crippen LogP contribution >= 0.6 is 0 Å². The van der Waals surface area contributed by atoms with Gasteiger partial charge in [0.05, 0.1) is 11.9 Å². The Morgan fingerprint density at radius 1 is 1.15 bits per heavy atom. The largest absolute Gasteiger partial charge is 0.486 e. The first-order valence-electron chi connectivity index (χ1n) is 8.69. The SMILES string of the molecule is CCN(Cc1ccc2c(c1)OCCO2)C(=O)COC(=O)c1cnc(C)cn1. The normalized spacial score (nSPS) is 12.4. The lowest BCUT2D eigenvalue weighted by atomic mass is 10.1. The maximum absolute atomic E-state index is 12.4. The predicted octanol–water partition coefficient (Wildman–Crippen LogP) is 1.76. The van der Waals surface area contributed by atoms with Crippen molar-refractivity contribution in [3.8, 4) is 11.5 Å². The van der Waals surface area contributed by atoms with Crippen molar-refractivity contribution in [3.05, 3.63) is 47.5 Å². The molecule has 1 aliphatic rings. The lowest BCUT2D eigenvalue weighted by Crippen LogP contribution is -2.34. The van der Waals surface area contributed by atoms with E-state index in [1.165, 1.54) is 12.4 Å². The van der Waals surface area contributed by atoms with Gasteiger partial charge in [-0.05, 0) is 31.5 Å². The van der Waals surface area contributed by atoms with Crippen LogP contribution in [0.3, 0.4) is 0 Å². The lowest BCUT2D eigenvalue weighted by Gasteiger charge is -2.23. The van der Waals surface area contributed by atoms with Crippen molar-refractivity contribution in [2.45, 2.75) is 20.4 Å². The Morgan fingerprint density at radius 2 is 1.93 bits per heavy atom. The van der Waals surface area contributed by atoms with Crippen LogP contribution in [0, 0.1) is 6.92 Å². The van der Waals surface area contributed by atoms with Crippen LogP contribution in [0.25, 0.3) is 0 Å². The molecule has 0 spiro atoms. The average molecular weight is 371 g/mol. The predicted molar refractivity (Wildman–Crippen MR) is 95.6 cm³/mol. The number of carbonyl (C=O) groups is 2. The van der Waals surface area contributed by atoms with Gasteiger partial charge in [-0.1, -0.05) is 6.07 Å². The Bertz CT molecular complexity index is 823. The Hall–Kier alpha value is -3.16. The van der Waals surface area contributed by atoms with Crippen LogP contribution in [0.4, 0.5) is 0 Å². The van der Waals surface area contributed by atoms with Crippen molar-refractivity contribution in [2.75, 3.05) is 26.4 Å². The number of ether oxygens (including phenoxy) is 3. The van der Waals surface area contributed by atoms with E-state index in [-0.39, 0.29) is 18.2 Å². The molecule has 8 heteroatoms. The van der Waals surface area contributed by atoms with Crippen molar-refractivity contribution in [2.24, 2.45) is 0 Å². The minimum absolute atomic E-state index is 0.0725. The number of aromatic nitrogens is 2. The molecule has 0 unspecified atom stereocenters. The number of carbonyl (C=O) groups excluding carboxylic acids is 2. The molecule has 27 heavy (non-hydrogen) atoms. The van der Waals surface area contributed by atoms with Gasteiger partial charge in [-0.3, -0.25) is 9.78 Å². The Kier molecular flexibility index (Phi) is 5.85. The van der Waals surface area contributed by atoms with Crippen LogP contribution in [0.15, 0.2) is 30.6 Å². The molecule has 0 aliphatic carbocycles. The molecule has 2 heterocycles. The minimum atomic E-state index is -0.675. The first-order chi connectivity index (χ1) is 13.1. The molecule has 1 aromatic heterocycles. The molecule has 0 radical (unpaired) electrons. The number of likely N-dealkylation sites (N-methyl/N-ethyl adjacent to an activating group) is 1. The molecule has 2 aromatic rings. The third-order valence-electron chi connectivity index (χ3n) is 4.03.